The minimum atomic E-state index is -4.83. The highest BCUT2D eigenvalue weighted by atomic mass is 19.4. The fourth-order valence-corrected chi connectivity index (χ4v) is 3.98. The number of nitrogens with one attached hydrogen (secondary N) is 3. The molecule has 0 spiro atoms. The zero-order valence-corrected chi connectivity index (χ0v) is 20.1. The monoisotopic (exact) mass is 512 g/mol. The largest absolute Gasteiger partial charge is 0.573 e. The van der Waals surface area contributed by atoms with Gasteiger partial charge in [-0.15, -0.1) is 13.2 Å². The smallest absolute Gasteiger partial charge is 0.405 e. The molecular weight excluding hydrogens is 481 g/mol. The molecule has 1 heterocycles. The van der Waals surface area contributed by atoms with Gasteiger partial charge in [0.15, 0.2) is 0 Å². The number of rotatable bonds is 11. The Morgan fingerprint density at radius 2 is 1.86 bits per heavy atom. The molecule has 36 heavy (non-hydrogen) atoms. The third kappa shape index (κ3) is 8.79. The Bertz CT molecular complexity index is 1020. The van der Waals surface area contributed by atoms with Crippen molar-refractivity contribution in [2.45, 2.75) is 64.1 Å². The van der Waals surface area contributed by atoms with Crippen LogP contribution in [-0.2, 0) is 6.54 Å². The molecule has 0 atom stereocenters. The van der Waals surface area contributed by atoms with Crippen molar-refractivity contribution in [2.24, 2.45) is 5.92 Å². The van der Waals surface area contributed by atoms with Gasteiger partial charge in [-0.1, -0.05) is 18.2 Å². The lowest BCUT2D eigenvalue weighted by Crippen LogP contribution is -2.42. The summed E-state index contributed by atoms with van der Waals surface area (Å²) in [6.45, 7) is 4.42. The summed E-state index contributed by atoms with van der Waals surface area (Å²) in [5, 5.41) is 30.5. The van der Waals surface area contributed by atoms with Crippen LogP contribution in [0.2, 0.25) is 0 Å². The van der Waals surface area contributed by atoms with Crippen molar-refractivity contribution in [1.29, 1.82) is 0 Å². The average molecular weight is 513 g/mol. The molecule has 0 amide bonds. The molecule has 1 aromatic heterocycles. The number of benzene rings is 1. The van der Waals surface area contributed by atoms with Crippen LogP contribution in [0.5, 0.6) is 5.75 Å². The lowest BCUT2D eigenvalue weighted by Gasteiger charge is -2.31. The Morgan fingerprint density at radius 3 is 2.50 bits per heavy atom. The van der Waals surface area contributed by atoms with E-state index in [9.17, 15) is 28.4 Å². The molecule has 10 nitrogen and oxygen atoms in total. The molecule has 1 aromatic carbocycles. The van der Waals surface area contributed by atoms with E-state index in [4.69, 9.17) is 0 Å². The minimum Gasteiger partial charge on any atom is -0.405 e. The summed E-state index contributed by atoms with van der Waals surface area (Å²) in [6, 6.07) is 5.97. The first kappa shape index (κ1) is 27.4. The van der Waals surface area contributed by atoms with E-state index in [0.29, 0.717) is 25.0 Å². The number of para-hydroxylation sites is 1. The van der Waals surface area contributed by atoms with Crippen LogP contribution >= 0.6 is 0 Å². The zero-order chi connectivity index (χ0) is 26.3. The number of nitro groups is 1. The number of anilines is 2. The summed E-state index contributed by atoms with van der Waals surface area (Å²) in [6.07, 6.45) is -0.0804. The van der Waals surface area contributed by atoms with Gasteiger partial charge in [0.1, 0.15) is 11.9 Å². The van der Waals surface area contributed by atoms with Crippen molar-refractivity contribution >= 4 is 17.5 Å². The zero-order valence-electron chi connectivity index (χ0n) is 20.1. The number of nitrogens with zero attached hydrogens (tertiary/aromatic N) is 3. The molecule has 198 valence electrons. The van der Waals surface area contributed by atoms with E-state index in [1.807, 2.05) is 0 Å². The van der Waals surface area contributed by atoms with Crippen LogP contribution < -0.4 is 20.7 Å². The standard InChI is InChI=1S/C23H31F3N6O4/c1-22(2,33)14-30-17-9-7-15(8-10-17)11-27-20-18(32(34)35)13-29-21(31-20)28-12-16-5-3-4-6-19(16)36-23(24,25)26/h3-6,13,15,17,30,33H,7-12,14H2,1-2H3,(H2,27,28,29,31)/t15-,17-. The molecule has 0 saturated heterocycles. The summed E-state index contributed by atoms with van der Waals surface area (Å²) in [5.74, 6) is 0.0111. The average Bonchev–Trinajstić information content (AvgIpc) is 2.80. The Kier molecular flexibility index (Phi) is 8.90. The lowest BCUT2D eigenvalue weighted by atomic mass is 9.85. The van der Waals surface area contributed by atoms with Crippen molar-refractivity contribution in [3.63, 3.8) is 0 Å². The third-order valence-corrected chi connectivity index (χ3v) is 5.83. The summed E-state index contributed by atoms with van der Waals surface area (Å²) < 4.78 is 42.0. The van der Waals surface area contributed by atoms with Gasteiger partial charge in [-0.2, -0.15) is 4.98 Å². The van der Waals surface area contributed by atoms with E-state index in [-0.39, 0.29) is 35.3 Å². The number of alkyl halides is 3. The maximum absolute atomic E-state index is 12.6. The molecule has 0 radical (unpaired) electrons. The second-order valence-corrected chi connectivity index (χ2v) is 9.49. The van der Waals surface area contributed by atoms with Gasteiger partial charge in [-0.3, -0.25) is 10.1 Å². The molecular formula is C23H31F3N6O4. The quantitative estimate of drug-likeness (QED) is 0.258. The predicted molar refractivity (Wildman–Crippen MR) is 128 cm³/mol. The normalized spacial score (nSPS) is 18.5. The van der Waals surface area contributed by atoms with Crippen LogP contribution in [0.4, 0.5) is 30.6 Å². The van der Waals surface area contributed by atoms with Crippen molar-refractivity contribution in [1.82, 2.24) is 15.3 Å². The number of ether oxygens (including phenoxy) is 1. The minimum absolute atomic E-state index is 0.0319. The summed E-state index contributed by atoms with van der Waals surface area (Å²) >= 11 is 0. The molecule has 1 saturated carbocycles. The molecule has 2 aromatic rings. The van der Waals surface area contributed by atoms with E-state index in [2.05, 4.69) is 30.7 Å². The Balaban J connectivity index is 1.59. The van der Waals surface area contributed by atoms with E-state index in [1.54, 1.807) is 19.9 Å². The maximum Gasteiger partial charge on any atom is 0.573 e. The molecule has 13 heteroatoms. The van der Waals surface area contributed by atoms with E-state index in [0.717, 1.165) is 31.9 Å². The summed E-state index contributed by atoms with van der Waals surface area (Å²) in [5.41, 5.74) is -0.841. The first-order valence-corrected chi connectivity index (χ1v) is 11.7. The number of hydrogen-bond donors (Lipinski definition) is 4. The van der Waals surface area contributed by atoms with E-state index < -0.39 is 16.9 Å². The number of hydrogen-bond acceptors (Lipinski definition) is 9. The fraction of sp³-hybridized carbons (Fsp3) is 0.565. The highest BCUT2D eigenvalue weighted by molar-refractivity contribution is 5.57. The van der Waals surface area contributed by atoms with Crippen LogP contribution in [0.3, 0.4) is 0 Å². The van der Waals surface area contributed by atoms with Gasteiger partial charge in [-0.25, -0.2) is 4.98 Å². The SMILES string of the molecule is CC(C)(O)CN[C@H]1CC[C@H](CNc2nc(NCc3ccccc3OC(F)(F)F)ncc2[N+](=O)[O-])CC1. The van der Waals surface area contributed by atoms with E-state index >= 15 is 0 Å². The van der Waals surface area contributed by atoms with Crippen LogP contribution in [-0.4, -0.2) is 51.1 Å². The van der Waals surface area contributed by atoms with Crippen molar-refractivity contribution in [3.8, 4) is 5.75 Å². The first-order valence-electron chi connectivity index (χ1n) is 11.7. The number of halogens is 3. The van der Waals surface area contributed by atoms with Gasteiger partial charge in [0.2, 0.25) is 11.8 Å². The van der Waals surface area contributed by atoms with Gasteiger partial charge in [0, 0.05) is 31.2 Å². The number of aromatic nitrogens is 2. The van der Waals surface area contributed by atoms with Crippen molar-refractivity contribution in [3.05, 3.63) is 46.1 Å². The van der Waals surface area contributed by atoms with Crippen LogP contribution in [0.25, 0.3) is 0 Å². The fourth-order valence-electron chi connectivity index (χ4n) is 3.98. The van der Waals surface area contributed by atoms with Crippen molar-refractivity contribution in [2.75, 3.05) is 23.7 Å². The number of aliphatic hydroxyl groups is 1. The molecule has 4 N–H and O–H groups in total. The molecule has 3 rings (SSSR count). The first-order chi connectivity index (χ1) is 16.9. The van der Waals surface area contributed by atoms with E-state index in [1.165, 1.54) is 18.2 Å². The predicted octanol–water partition coefficient (Wildman–Crippen LogP) is 4.23. The third-order valence-electron chi connectivity index (χ3n) is 5.83. The summed E-state index contributed by atoms with van der Waals surface area (Å²) in [7, 11) is 0. The summed E-state index contributed by atoms with van der Waals surface area (Å²) in [4.78, 5) is 19.0. The molecule has 0 unspecified atom stereocenters. The van der Waals surface area contributed by atoms with Crippen LogP contribution in [0, 0.1) is 16.0 Å². The second kappa shape index (κ2) is 11.7. The molecule has 1 aliphatic rings. The molecule has 0 bridgehead atoms. The highest BCUT2D eigenvalue weighted by Gasteiger charge is 2.32. The van der Waals surface area contributed by atoms with Gasteiger partial charge >= 0.3 is 12.0 Å². The molecule has 1 fully saturated rings. The van der Waals surface area contributed by atoms with Gasteiger partial charge in [0.05, 0.1) is 10.5 Å². The highest BCUT2D eigenvalue weighted by Crippen LogP contribution is 2.29. The van der Waals surface area contributed by atoms with Crippen LogP contribution in [0.1, 0.15) is 45.1 Å². The molecule has 1 aliphatic carbocycles. The lowest BCUT2D eigenvalue weighted by molar-refractivity contribution is -0.384. The Hall–Kier alpha value is -3.19. The molecule has 0 aliphatic heterocycles. The van der Waals surface area contributed by atoms with Crippen LogP contribution in [0.15, 0.2) is 30.5 Å². The maximum atomic E-state index is 12.6. The van der Waals surface area contributed by atoms with Gasteiger partial charge in [0.25, 0.3) is 0 Å². The van der Waals surface area contributed by atoms with Gasteiger partial charge in [-0.05, 0) is 51.5 Å². The topological polar surface area (TPSA) is 134 Å². The van der Waals surface area contributed by atoms with Gasteiger partial charge < -0.3 is 25.8 Å². The second-order valence-electron chi connectivity index (χ2n) is 9.49. The van der Waals surface area contributed by atoms with Crippen molar-refractivity contribution < 1.29 is 27.9 Å². The Morgan fingerprint density at radius 1 is 1.17 bits per heavy atom. The Labute approximate surface area is 206 Å².